The van der Waals surface area contributed by atoms with Gasteiger partial charge in [0.25, 0.3) is 17.5 Å². The fraction of sp³-hybridized carbons (Fsp3) is 0.0870. The Morgan fingerprint density at radius 2 is 1.85 bits per heavy atom. The summed E-state index contributed by atoms with van der Waals surface area (Å²) >= 11 is 0. The monoisotopic (exact) mass is 446 g/mol. The molecule has 1 heterocycles. The van der Waals surface area contributed by atoms with Crippen LogP contribution in [0.3, 0.4) is 0 Å². The first kappa shape index (κ1) is 21.5. The highest BCUT2D eigenvalue weighted by Gasteiger charge is 2.14. The van der Waals surface area contributed by atoms with Gasteiger partial charge in [0.1, 0.15) is 11.5 Å². The molecule has 10 heteroatoms. The largest absolute Gasteiger partial charge is 0.495 e. The molecule has 0 aliphatic heterocycles. The minimum Gasteiger partial charge on any atom is -0.495 e. The molecule has 0 unspecified atom stereocenters. The molecule has 166 valence electrons. The number of carbonyl (C=O) groups is 1. The number of nitrogens with zero attached hydrogens (tertiary/aromatic N) is 3. The van der Waals surface area contributed by atoms with Gasteiger partial charge in [-0.15, -0.1) is 0 Å². The number of carbonyl (C=O) groups excluding carboxylic acids is 1. The fourth-order valence-corrected chi connectivity index (χ4v) is 2.99. The summed E-state index contributed by atoms with van der Waals surface area (Å²) in [6.07, 6.45) is 0. The van der Waals surface area contributed by atoms with Crippen LogP contribution in [0.25, 0.3) is 22.8 Å². The second kappa shape index (κ2) is 9.60. The molecule has 0 bridgehead atoms. The molecule has 0 saturated carbocycles. The molecule has 4 rings (SSSR count). The van der Waals surface area contributed by atoms with E-state index in [-0.39, 0.29) is 24.1 Å². The van der Waals surface area contributed by atoms with Crippen LogP contribution in [0.5, 0.6) is 11.5 Å². The summed E-state index contributed by atoms with van der Waals surface area (Å²) in [6.45, 7) is -0.207. The molecule has 0 radical (unpaired) electrons. The van der Waals surface area contributed by atoms with E-state index >= 15 is 0 Å². The lowest BCUT2D eigenvalue weighted by Gasteiger charge is -2.10. The highest BCUT2D eigenvalue weighted by Crippen LogP contribution is 2.26. The third kappa shape index (κ3) is 5.13. The van der Waals surface area contributed by atoms with E-state index in [0.29, 0.717) is 34.1 Å². The zero-order chi connectivity index (χ0) is 23.2. The maximum Gasteiger partial charge on any atom is 0.269 e. The predicted octanol–water partition coefficient (Wildman–Crippen LogP) is 4.34. The number of hydrogen-bond donors (Lipinski definition) is 1. The van der Waals surface area contributed by atoms with Crippen LogP contribution in [0.1, 0.15) is 0 Å². The van der Waals surface area contributed by atoms with E-state index < -0.39 is 4.92 Å². The number of anilines is 1. The Morgan fingerprint density at radius 3 is 2.61 bits per heavy atom. The molecular weight excluding hydrogens is 428 g/mol. The van der Waals surface area contributed by atoms with Gasteiger partial charge in [-0.2, -0.15) is 4.98 Å². The van der Waals surface area contributed by atoms with Gasteiger partial charge in [0.2, 0.25) is 5.82 Å². The van der Waals surface area contributed by atoms with Gasteiger partial charge in [0, 0.05) is 23.3 Å². The van der Waals surface area contributed by atoms with Crippen molar-refractivity contribution in [1.82, 2.24) is 10.1 Å². The predicted molar refractivity (Wildman–Crippen MR) is 119 cm³/mol. The fourth-order valence-electron chi connectivity index (χ4n) is 2.99. The second-order valence-electron chi connectivity index (χ2n) is 6.79. The molecule has 0 aliphatic rings. The summed E-state index contributed by atoms with van der Waals surface area (Å²) in [7, 11) is 1.53. The van der Waals surface area contributed by atoms with E-state index in [1.54, 1.807) is 42.5 Å². The Bertz CT molecular complexity index is 1290. The van der Waals surface area contributed by atoms with Crippen LogP contribution < -0.4 is 14.8 Å². The van der Waals surface area contributed by atoms with Crippen molar-refractivity contribution >= 4 is 17.3 Å². The number of para-hydroxylation sites is 2. The normalized spacial score (nSPS) is 10.5. The number of ether oxygens (including phenoxy) is 2. The first-order chi connectivity index (χ1) is 16.0. The molecule has 0 fully saturated rings. The molecule has 0 atom stereocenters. The highest BCUT2D eigenvalue weighted by molar-refractivity contribution is 5.93. The molecule has 10 nitrogen and oxygen atoms in total. The average Bonchev–Trinajstić information content (AvgIpc) is 3.34. The van der Waals surface area contributed by atoms with Gasteiger partial charge in [-0.1, -0.05) is 29.4 Å². The van der Waals surface area contributed by atoms with E-state index in [4.69, 9.17) is 14.0 Å². The van der Waals surface area contributed by atoms with E-state index in [2.05, 4.69) is 15.5 Å². The standard InChI is InChI=1S/C23H18N4O6/c1-31-20-8-3-2-7-19(20)24-21(28)14-32-18-6-4-5-16(13-18)22-25-23(33-26-22)15-9-11-17(12-10-15)27(29)30/h2-13H,14H2,1H3,(H,24,28). The van der Waals surface area contributed by atoms with Gasteiger partial charge < -0.3 is 19.3 Å². The van der Waals surface area contributed by atoms with Crippen LogP contribution in [0.15, 0.2) is 77.3 Å². The molecule has 1 aromatic heterocycles. The maximum absolute atomic E-state index is 12.3. The molecule has 0 saturated heterocycles. The number of methoxy groups -OCH3 is 1. The van der Waals surface area contributed by atoms with Crippen molar-refractivity contribution in [2.75, 3.05) is 19.0 Å². The number of nitro groups is 1. The first-order valence-electron chi connectivity index (χ1n) is 9.78. The summed E-state index contributed by atoms with van der Waals surface area (Å²) in [6, 6.07) is 19.8. The number of rotatable bonds is 8. The smallest absolute Gasteiger partial charge is 0.269 e. The van der Waals surface area contributed by atoms with Gasteiger partial charge in [-0.05, 0) is 36.4 Å². The van der Waals surface area contributed by atoms with Gasteiger partial charge in [-0.3, -0.25) is 14.9 Å². The van der Waals surface area contributed by atoms with E-state index in [1.807, 2.05) is 6.07 Å². The number of nitro benzene ring substituents is 1. The third-order valence-corrected chi connectivity index (χ3v) is 4.59. The minimum atomic E-state index is -0.481. The van der Waals surface area contributed by atoms with E-state index in [9.17, 15) is 14.9 Å². The molecule has 4 aromatic rings. The first-order valence-corrected chi connectivity index (χ1v) is 9.78. The maximum atomic E-state index is 12.3. The van der Waals surface area contributed by atoms with Gasteiger partial charge >= 0.3 is 0 Å². The SMILES string of the molecule is COc1ccccc1NC(=O)COc1cccc(-c2noc(-c3ccc([N+](=O)[O-])cc3)n2)c1. The van der Waals surface area contributed by atoms with Crippen molar-refractivity contribution in [3.63, 3.8) is 0 Å². The number of benzene rings is 3. The second-order valence-corrected chi connectivity index (χ2v) is 6.79. The van der Waals surface area contributed by atoms with Crippen LogP contribution >= 0.6 is 0 Å². The van der Waals surface area contributed by atoms with Gasteiger partial charge in [-0.25, -0.2) is 0 Å². The van der Waals surface area contributed by atoms with Crippen LogP contribution in [0.2, 0.25) is 0 Å². The van der Waals surface area contributed by atoms with Crippen molar-refractivity contribution in [3.8, 4) is 34.3 Å². The van der Waals surface area contributed by atoms with E-state index in [0.717, 1.165) is 0 Å². The number of non-ortho nitro benzene ring substituents is 1. The Hall–Kier alpha value is -4.73. The van der Waals surface area contributed by atoms with Crippen LogP contribution in [0, 0.1) is 10.1 Å². The average molecular weight is 446 g/mol. The molecule has 1 amide bonds. The lowest BCUT2D eigenvalue weighted by molar-refractivity contribution is -0.384. The molecule has 33 heavy (non-hydrogen) atoms. The molecule has 1 N–H and O–H groups in total. The Morgan fingerprint density at radius 1 is 1.06 bits per heavy atom. The van der Waals surface area contributed by atoms with Crippen LogP contribution in [-0.4, -0.2) is 34.7 Å². The minimum absolute atomic E-state index is 0.0296. The number of aromatic nitrogens is 2. The number of nitrogens with one attached hydrogen (secondary N) is 1. The summed E-state index contributed by atoms with van der Waals surface area (Å²) in [5.41, 5.74) is 1.69. The third-order valence-electron chi connectivity index (χ3n) is 4.59. The Kier molecular flexibility index (Phi) is 6.26. The van der Waals surface area contributed by atoms with Gasteiger partial charge in [0.15, 0.2) is 6.61 Å². The van der Waals surface area contributed by atoms with Crippen molar-refractivity contribution in [2.45, 2.75) is 0 Å². The molecule has 3 aromatic carbocycles. The molecule has 0 spiro atoms. The molecule has 0 aliphatic carbocycles. The van der Waals surface area contributed by atoms with Crippen molar-refractivity contribution in [3.05, 3.63) is 82.9 Å². The van der Waals surface area contributed by atoms with Crippen LogP contribution in [-0.2, 0) is 4.79 Å². The molecular formula is C23H18N4O6. The number of hydrogen-bond acceptors (Lipinski definition) is 8. The van der Waals surface area contributed by atoms with E-state index in [1.165, 1.54) is 31.4 Å². The summed E-state index contributed by atoms with van der Waals surface area (Å²) in [4.78, 5) is 26.9. The summed E-state index contributed by atoms with van der Waals surface area (Å²) in [5.74, 6) is 1.19. The van der Waals surface area contributed by atoms with Gasteiger partial charge in [0.05, 0.1) is 17.7 Å². The van der Waals surface area contributed by atoms with Crippen molar-refractivity contribution in [2.24, 2.45) is 0 Å². The zero-order valence-electron chi connectivity index (χ0n) is 17.4. The highest BCUT2D eigenvalue weighted by atomic mass is 16.6. The lowest BCUT2D eigenvalue weighted by atomic mass is 10.2. The quantitative estimate of drug-likeness (QED) is 0.313. The zero-order valence-corrected chi connectivity index (χ0v) is 17.4. The summed E-state index contributed by atoms with van der Waals surface area (Å²) < 4.78 is 16.1. The Balaban J connectivity index is 1.42. The Labute approximate surface area is 187 Å². The lowest BCUT2D eigenvalue weighted by Crippen LogP contribution is -2.20. The van der Waals surface area contributed by atoms with Crippen molar-refractivity contribution in [1.29, 1.82) is 0 Å². The summed E-state index contributed by atoms with van der Waals surface area (Å²) in [5, 5.41) is 17.5. The topological polar surface area (TPSA) is 130 Å². The van der Waals surface area contributed by atoms with Crippen LogP contribution in [0.4, 0.5) is 11.4 Å². The number of amides is 1. The van der Waals surface area contributed by atoms with Crippen molar-refractivity contribution < 1.29 is 23.7 Å².